The lowest BCUT2D eigenvalue weighted by atomic mass is 9.86. The van der Waals surface area contributed by atoms with Crippen LogP contribution in [0.15, 0.2) is 40.2 Å². The topological polar surface area (TPSA) is 120 Å². The van der Waals surface area contributed by atoms with Gasteiger partial charge in [0.25, 0.3) is 5.56 Å². The summed E-state index contributed by atoms with van der Waals surface area (Å²) in [6.07, 6.45) is 11.2. The molecule has 40 heavy (non-hydrogen) atoms. The number of pyridine rings is 1. The highest BCUT2D eigenvalue weighted by atomic mass is 35.5. The second-order valence-electron chi connectivity index (χ2n) is 10.9. The Morgan fingerprint density at radius 3 is 2.60 bits per heavy atom. The molecule has 0 saturated heterocycles. The molecule has 2 aliphatic carbocycles. The third-order valence-corrected chi connectivity index (χ3v) is 10.2. The molecule has 11 heteroatoms. The van der Waals surface area contributed by atoms with E-state index in [9.17, 15) is 18.0 Å². The van der Waals surface area contributed by atoms with Gasteiger partial charge in [-0.3, -0.25) is 9.36 Å². The van der Waals surface area contributed by atoms with E-state index in [0.717, 1.165) is 51.2 Å². The first-order valence-corrected chi connectivity index (χ1v) is 16.0. The minimum Gasteiger partial charge on any atom is -0.367 e. The van der Waals surface area contributed by atoms with Crippen molar-refractivity contribution >= 4 is 50.4 Å². The number of benzene rings is 1. The van der Waals surface area contributed by atoms with E-state index in [2.05, 4.69) is 15.3 Å². The van der Waals surface area contributed by atoms with Gasteiger partial charge in [-0.25, -0.2) is 13.4 Å². The molecule has 0 amide bonds. The third-order valence-electron chi connectivity index (χ3n) is 8.08. The molecule has 3 aromatic rings. The van der Waals surface area contributed by atoms with Crippen molar-refractivity contribution in [2.24, 2.45) is 0 Å². The summed E-state index contributed by atoms with van der Waals surface area (Å²) in [5, 5.41) is 4.02. The van der Waals surface area contributed by atoms with Gasteiger partial charge < -0.3 is 14.8 Å². The van der Waals surface area contributed by atoms with Crippen LogP contribution < -0.4 is 10.9 Å². The minimum absolute atomic E-state index is 0.0553. The Morgan fingerprint density at radius 2 is 1.90 bits per heavy atom. The summed E-state index contributed by atoms with van der Waals surface area (Å²) >= 11 is 6.23. The number of aromatic nitrogens is 3. The number of nitrogens with zero attached hydrogens (tertiary/aromatic N) is 3. The zero-order valence-corrected chi connectivity index (χ0v) is 24.3. The van der Waals surface area contributed by atoms with Crippen molar-refractivity contribution in [3.8, 4) is 0 Å². The number of rotatable bonds is 10. The number of hydrogen-bond donors (Lipinski definition) is 1. The second-order valence-corrected chi connectivity index (χ2v) is 13.5. The van der Waals surface area contributed by atoms with E-state index in [-0.39, 0.29) is 33.9 Å². The van der Waals surface area contributed by atoms with E-state index < -0.39 is 15.4 Å². The Balaban J connectivity index is 1.29. The highest BCUT2D eigenvalue weighted by Crippen LogP contribution is 2.32. The fourth-order valence-electron chi connectivity index (χ4n) is 5.83. The number of anilines is 2. The van der Waals surface area contributed by atoms with Crippen LogP contribution >= 0.6 is 11.6 Å². The van der Waals surface area contributed by atoms with Crippen molar-refractivity contribution in [3.63, 3.8) is 0 Å². The molecule has 1 N–H and O–H groups in total. The van der Waals surface area contributed by atoms with Crippen LogP contribution in [-0.4, -0.2) is 47.2 Å². The SMILES string of the molecule is Cc1cc(S(=O)(=O)CCCOC2(C=O)CCCCC2)ccc1Nc1ncc2cc(Cl)c(=O)n(C3CCCC3)c2n1. The Morgan fingerprint density at radius 1 is 1.15 bits per heavy atom. The summed E-state index contributed by atoms with van der Waals surface area (Å²) in [4.78, 5) is 33.8. The Hall–Kier alpha value is -2.82. The normalized spacial score (nSPS) is 17.8. The number of carbonyl (C=O) groups is 1. The predicted molar refractivity (Wildman–Crippen MR) is 155 cm³/mol. The Bertz CT molecular complexity index is 1560. The lowest BCUT2D eigenvalue weighted by Crippen LogP contribution is -2.37. The van der Waals surface area contributed by atoms with Gasteiger partial charge in [0.2, 0.25) is 5.95 Å². The number of nitrogens with one attached hydrogen (secondary N) is 1. The van der Waals surface area contributed by atoms with Gasteiger partial charge in [0, 0.05) is 29.9 Å². The first-order valence-electron chi connectivity index (χ1n) is 14.0. The summed E-state index contributed by atoms with van der Waals surface area (Å²) in [6, 6.07) is 6.54. The summed E-state index contributed by atoms with van der Waals surface area (Å²) in [5.41, 5.74) is 0.904. The fourth-order valence-corrected chi connectivity index (χ4v) is 7.40. The lowest BCUT2D eigenvalue weighted by Gasteiger charge is -2.32. The molecule has 0 radical (unpaired) electrons. The molecular formula is C29H35ClN4O5S. The molecule has 0 spiro atoms. The molecule has 2 fully saturated rings. The summed E-state index contributed by atoms with van der Waals surface area (Å²) in [6.45, 7) is 2.05. The van der Waals surface area contributed by atoms with Crippen LogP contribution in [0.1, 0.15) is 75.8 Å². The first-order chi connectivity index (χ1) is 19.2. The minimum atomic E-state index is -3.53. The maximum absolute atomic E-state index is 13.0. The monoisotopic (exact) mass is 586 g/mol. The van der Waals surface area contributed by atoms with E-state index in [1.54, 1.807) is 35.0 Å². The number of halogens is 1. The third kappa shape index (κ3) is 6.09. The van der Waals surface area contributed by atoms with Crippen molar-refractivity contribution in [2.45, 2.75) is 87.7 Å². The highest BCUT2D eigenvalue weighted by molar-refractivity contribution is 7.91. The van der Waals surface area contributed by atoms with Crippen LogP contribution in [0.5, 0.6) is 0 Å². The van der Waals surface area contributed by atoms with Crippen LogP contribution in [0, 0.1) is 6.92 Å². The van der Waals surface area contributed by atoms with Crippen molar-refractivity contribution in [3.05, 3.63) is 51.4 Å². The van der Waals surface area contributed by atoms with Crippen LogP contribution in [0.2, 0.25) is 5.02 Å². The van der Waals surface area contributed by atoms with Crippen molar-refractivity contribution in [1.82, 2.24) is 14.5 Å². The van der Waals surface area contributed by atoms with Gasteiger partial charge in [-0.1, -0.05) is 43.7 Å². The Labute approximate surface area is 239 Å². The molecule has 5 rings (SSSR count). The summed E-state index contributed by atoms with van der Waals surface area (Å²) in [5.74, 6) is 0.243. The quantitative estimate of drug-likeness (QED) is 0.237. The van der Waals surface area contributed by atoms with Gasteiger partial charge in [0.1, 0.15) is 16.3 Å². The highest BCUT2D eigenvalue weighted by Gasteiger charge is 2.32. The van der Waals surface area contributed by atoms with Gasteiger partial charge in [0.15, 0.2) is 16.1 Å². The molecule has 0 aliphatic heterocycles. The first kappa shape index (κ1) is 28.7. The van der Waals surface area contributed by atoms with Crippen LogP contribution in [0.25, 0.3) is 11.0 Å². The molecule has 0 atom stereocenters. The number of aryl methyl sites for hydroxylation is 1. The number of sulfone groups is 1. The standard InChI is InChI=1S/C29H35ClN4O5S/c1-20-16-23(40(37,38)15-7-14-39-29(19-35)12-5-2-6-13-29)10-11-25(20)32-28-31-18-21-17-24(30)27(36)34(26(21)33-28)22-8-3-4-9-22/h10-11,16-19,22H,2-9,12-15H2,1H3,(H,31,32,33). The van der Waals surface area contributed by atoms with Gasteiger partial charge in [-0.2, -0.15) is 4.98 Å². The van der Waals surface area contributed by atoms with Gasteiger partial charge in [-0.15, -0.1) is 0 Å². The molecule has 2 aliphatic rings. The molecule has 0 unspecified atom stereocenters. The van der Waals surface area contributed by atoms with Crippen LogP contribution in [0.3, 0.4) is 0 Å². The van der Waals surface area contributed by atoms with Gasteiger partial charge >= 0.3 is 0 Å². The second kappa shape index (κ2) is 12.0. The van der Waals surface area contributed by atoms with Gasteiger partial charge in [0.05, 0.1) is 10.6 Å². The molecule has 2 aromatic heterocycles. The predicted octanol–water partition coefficient (Wildman–Crippen LogP) is 5.69. The number of ether oxygens (including phenoxy) is 1. The average Bonchev–Trinajstić information content (AvgIpc) is 3.48. The molecule has 214 valence electrons. The molecular weight excluding hydrogens is 552 g/mol. The molecule has 2 heterocycles. The Kier molecular flexibility index (Phi) is 8.58. The smallest absolute Gasteiger partial charge is 0.271 e. The molecule has 1 aromatic carbocycles. The van der Waals surface area contributed by atoms with Crippen LogP contribution in [-0.2, 0) is 19.4 Å². The van der Waals surface area contributed by atoms with Gasteiger partial charge in [-0.05, 0) is 68.9 Å². The summed E-state index contributed by atoms with van der Waals surface area (Å²) < 4.78 is 33.6. The number of carbonyl (C=O) groups excluding carboxylic acids is 1. The average molecular weight is 587 g/mol. The van der Waals surface area contributed by atoms with E-state index in [1.165, 1.54) is 0 Å². The van der Waals surface area contributed by atoms with E-state index in [4.69, 9.17) is 16.3 Å². The van der Waals surface area contributed by atoms with Crippen molar-refractivity contribution in [1.29, 1.82) is 0 Å². The number of hydrogen-bond acceptors (Lipinski definition) is 8. The maximum Gasteiger partial charge on any atom is 0.271 e. The summed E-state index contributed by atoms with van der Waals surface area (Å²) in [7, 11) is -3.53. The number of fused-ring (bicyclic) bond motifs is 1. The fraction of sp³-hybridized carbons (Fsp3) is 0.517. The van der Waals surface area contributed by atoms with E-state index in [1.807, 2.05) is 6.92 Å². The number of aldehydes is 1. The van der Waals surface area contributed by atoms with Crippen molar-refractivity contribution in [2.75, 3.05) is 17.7 Å². The molecule has 0 bridgehead atoms. The van der Waals surface area contributed by atoms with Crippen molar-refractivity contribution < 1.29 is 17.9 Å². The van der Waals surface area contributed by atoms with Crippen LogP contribution in [0.4, 0.5) is 11.6 Å². The lowest BCUT2D eigenvalue weighted by molar-refractivity contribution is -0.136. The maximum atomic E-state index is 13.0. The largest absolute Gasteiger partial charge is 0.367 e. The van der Waals surface area contributed by atoms with E-state index in [0.29, 0.717) is 47.5 Å². The zero-order valence-electron chi connectivity index (χ0n) is 22.7. The van der Waals surface area contributed by atoms with E-state index >= 15 is 0 Å². The zero-order chi connectivity index (χ0) is 28.3. The molecule has 2 saturated carbocycles. The molecule has 9 nitrogen and oxygen atoms in total.